The summed E-state index contributed by atoms with van der Waals surface area (Å²) < 4.78 is 40.7. The number of nitrogens with zero attached hydrogens (tertiary/aromatic N) is 3. The highest BCUT2D eigenvalue weighted by Crippen LogP contribution is 2.19. The molecule has 1 aliphatic heterocycles. The highest BCUT2D eigenvalue weighted by Gasteiger charge is 2.23. The molecule has 1 aliphatic rings. The normalized spacial score (nSPS) is 14.8. The molecule has 8 nitrogen and oxygen atoms in total. The number of anilines is 2. The molecule has 28 heavy (non-hydrogen) atoms. The quantitative estimate of drug-likeness (QED) is 0.691. The number of benzene rings is 1. The highest BCUT2D eigenvalue weighted by molar-refractivity contribution is 6.04. The molecule has 0 unspecified atom stereocenters. The summed E-state index contributed by atoms with van der Waals surface area (Å²) in [7, 11) is 1.45. The number of carbonyl (C=O) groups excluding carboxylic acids is 2. The molecule has 1 aromatic heterocycles. The van der Waals surface area contributed by atoms with Crippen molar-refractivity contribution in [3.05, 3.63) is 41.3 Å². The van der Waals surface area contributed by atoms with Gasteiger partial charge in [0.15, 0.2) is 23.3 Å². The second kappa shape index (κ2) is 7.89. The Balaban J connectivity index is 1.68. The molecular weight excluding hydrogens is 379 g/mol. The number of aliphatic hydroxyl groups excluding tert-OH is 1. The van der Waals surface area contributed by atoms with Crippen LogP contribution in [0.5, 0.6) is 0 Å². The van der Waals surface area contributed by atoms with Gasteiger partial charge in [0.05, 0.1) is 6.10 Å². The summed E-state index contributed by atoms with van der Waals surface area (Å²) in [6, 6.07) is 2.18. The Kier molecular flexibility index (Phi) is 5.54. The molecule has 3 rings (SSSR count). The molecule has 3 N–H and O–H groups in total. The maximum atomic E-state index is 13.3. The van der Waals surface area contributed by atoms with Crippen LogP contribution in [-0.2, 0) is 7.05 Å². The number of aromatic nitrogens is 2. The first kappa shape index (κ1) is 19.7. The molecule has 0 spiro atoms. The number of hydrogen-bond acceptors (Lipinski definition) is 4. The fraction of sp³-hybridized carbons (Fsp3) is 0.353. The molecule has 0 saturated carbocycles. The van der Waals surface area contributed by atoms with Crippen LogP contribution in [0.1, 0.15) is 23.3 Å². The van der Waals surface area contributed by atoms with Gasteiger partial charge < -0.3 is 15.3 Å². The van der Waals surface area contributed by atoms with Crippen LogP contribution in [-0.4, -0.2) is 50.9 Å². The van der Waals surface area contributed by atoms with E-state index in [0.717, 1.165) is 0 Å². The molecule has 3 amide bonds. The standard InChI is InChI=1S/C17H18F3N5O3/c1-24-13(16(27)21-9-6-11(18)15(20)12(19)7-9)8-14(23-24)22-17(28)25-4-2-10(26)3-5-25/h6-8,10,26H,2-5H2,1H3,(H,21,27)(H,22,23,28). The van der Waals surface area contributed by atoms with Crippen LogP contribution in [0.15, 0.2) is 18.2 Å². The molecule has 0 aliphatic carbocycles. The van der Waals surface area contributed by atoms with Crippen molar-refractivity contribution < 1.29 is 27.9 Å². The van der Waals surface area contributed by atoms with E-state index in [9.17, 15) is 27.9 Å². The molecule has 150 valence electrons. The predicted molar refractivity (Wildman–Crippen MR) is 93.3 cm³/mol. The molecule has 11 heteroatoms. The van der Waals surface area contributed by atoms with Gasteiger partial charge in [0, 0.05) is 44.0 Å². The summed E-state index contributed by atoms with van der Waals surface area (Å²) in [5, 5.41) is 18.3. The van der Waals surface area contributed by atoms with Gasteiger partial charge in [0.1, 0.15) is 5.69 Å². The van der Waals surface area contributed by atoms with E-state index in [1.54, 1.807) is 0 Å². The third-order valence-electron chi connectivity index (χ3n) is 4.34. The third-order valence-corrected chi connectivity index (χ3v) is 4.34. The second-order valence-corrected chi connectivity index (χ2v) is 6.39. The first-order chi connectivity index (χ1) is 13.2. The van der Waals surface area contributed by atoms with Crippen molar-refractivity contribution in [3.8, 4) is 0 Å². The molecular formula is C17H18F3N5O3. The van der Waals surface area contributed by atoms with Crippen molar-refractivity contribution in [2.75, 3.05) is 23.7 Å². The number of nitrogens with one attached hydrogen (secondary N) is 2. The van der Waals surface area contributed by atoms with E-state index in [1.165, 1.54) is 22.7 Å². The third kappa shape index (κ3) is 4.25. The fourth-order valence-corrected chi connectivity index (χ4v) is 2.82. The predicted octanol–water partition coefficient (Wildman–Crippen LogP) is 2.08. The SMILES string of the molecule is Cn1nc(NC(=O)N2CCC(O)CC2)cc1C(=O)Nc1cc(F)c(F)c(F)c1. The van der Waals surface area contributed by atoms with E-state index in [0.29, 0.717) is 38.1 Å². The number of rotatable bonds is 3. The van der Waals surface area contributed by atoms with Gasteiger partial charge in [0.25, 0.3) is 5.91 Å². The number of carbonyl (C=O) groups is 2. The van der Waals surface area contributed by atoms with Crippen LogP contribution in [0.4, 0.5) is 29.5 Å². The van der Waals surface area contributed by atoms with E-state index in [-0.39, 0.29) is 17.2 Å². The number of hydrogen-bond donors (Lipinski definition) is 3. The first-order valence-electron chi connectivity index (χ1n) is 8.48. The Hall–Kier alpha value is -3.08. The van der Waals surface area contributed by atoms with Crippen molar-refractivity contribution in [3.63, 3.8) is 0 Å². The van der Waals surface area contributed by atoms with Crippen LogP contribution >= 0.6 is 0 Å². The average Bonchev–Trinajstić information content (AvgIpc) is 3.00. The summed E-state index contributed by atoms with van der Waals surface area (Å²) in [6.45, 7) is 0.795. The molecule has 1 aromatic carbocycles. The maximum absolute atomic E-state index is 13.3. The van der Waals surface area contributed by atoms with Gasteiger partial charge in [-0.15, -0.1) is 0 Å². The Bertz CT molecular complexity index is 886. The number of likely N-dealkylation sites (tertiary alicyclic amines) is 1. The monoisotopic (exact) mass is 397 g/mol. The average molecular weight is 397 g/mol. The molecule has 1 fully saturated rings. The van der Waals surface area contributed by atoms with Gasteiger partial charge in [-0.2, -0.15) is 5.10 Å². The van der Waals surface area contributed by atoms with Crippen molar-refractivity contribution in [2.24, 2.45) is 7.05 Å². The lowest BCUT2D eigenvalue weighted by molar-refractivity contribution is 0.0970. The minimum atomic E-state index is -1.63. The van der Waals surface area contributed by atoms with Crippen LogP contribution in [0.25, 0.3) is 0 Å². The number of halogens is 3. The topological polar surface area (TPSA) is 99.5 Å². The zero-order valence-electron chi connectivity index (χ0n) is 14.9. The maximum Gasteiger partial charge on any atom is 0.323 e. The number of aliphatic hydroxyl groups is 1. The zero-order chi connectivity index (χ0) is 20.4. The van der Waals surface area contributed by atoms with E-state index in [4.69, 9.17) is 0 Å². The number of piperidine rings is 1. The lowest BCUT2D eigenvalue weighted by atomic mass is 10.1. The Morgan fingerprint density at radius 3 is 2.32 bits per heavy atom. The van der Waals surface area contributed by atoms with Crippen LogP contribution in [0.3, 0.4) is 0 Å². The Morgan fingerprint density at radius 2 is 1.71 bits per heavy atom. The van der Waals surface area contributed by atoms with Crippen molar-refractivity contribution >= 4 is 23.4 Å². The summed E-state index contributed by atoms with van der Waals surface area (Å²) in [6.07, 6.45) is 0.539. The Morgan fingerprint density at radius 1 is 1.11 bits per heavy atom. The molecule has 1 saturated heterocycles. The molecule has 0 bridgehead atoms. The summed E-state index contributed by atoms with van der Waals surface area (Å²) in [4.78, 5) is 26.1. The highest BCUT2D eigenvalue weighted by atomic mass is 19.2. The van der Waals surface area contributed by atoms with Gasteiger partial charge in [-0.25, -0.2) is 18.0 Å². The second-order valence-electron chi connectivity index (χ2n) is 6.39. The molecule has 0 radical (unpaired) electrons. The van der Waals surface area contributed by atoms with E-state index < -0.39 is 35.5 Å². The van der Waals surface area contributed by atoms with E-state index in [1.807, 2.05) is 0 Å². The van der Waals surface area contributed by atoms with Gasteiger partial charge in [-0.3, -0.25) is 14.8 Å². The van der Waals surface area contributed by atoms with E-state index in [2.05, 4.69) is 15.7 Å². The van der Waals surface area contributed by atoms with Gasteiger partial charge in [-0.1, -0.05) is 0 Å². The minimum Gasteiger partial charge on any atom is -0.393 e. The van der Waals surface area contributed by atoms with Crippen LogP contribution < -0.4 is 10.6 Å². The molecule has 2 heterocycles. The summed E-state index contributed by atoms with van der Waals surface area (Å²) >= 11 is 0. The fourth-order valence-electron chi connectivity index (χ4n) is 2.82. The van der Waals surface area contributed by atoms with Crippen molar-refractivity contribution in [1.82, 2.24) is 14.7 Å². The molecule has 2 aromatic rings. The van der Waals surface area contributed by atoms with Crippen LogP contribution in [0, 0.1) is 17.5 Å². The zero-order valence-corrected chi connectivity index (χ0v) is 14.9. The number of amides is 3. The molecule has 0 atom stereocenters. The number of aryl methyl sites for hydroxylation is 1. The lowest BCUT2D eigenvalue weighted by Crippen LogP contribution is -2.42. The smallest absolute Gasteiger partial charge is 0.323 e. The number of urea groups is 1. The largest absolute Gasteiger partial charge is 0.393 e. The summed E-state index contributed by atoms with van der Waals surface area (Å²) in [5.41, 5.74) is -0.255. The summed E-state index contributed by atoms with van der Waals surface area (Å²) in [5.74, 6) is -5.13. The first-order valence-corrected chi connectivity index (χ1v) is 8.48. The van der Waals surface area contributed by atoms with Crippen molar-refractivity contribution in [2.45, 2.75) is 18.9 Å². The van der Waals surface area contributed by atoms with Gasteiger partial charge in [0.2, 0.25) is 0 Å². The minimum absolute atomic E-state index is 0.00880. The lowest BCUT2D eigenvalue weighted by Gasteiger charge is -2.29. The van der Waals surface area contributed by atoms with Crippen LogP contribution in [0.2, 0.25) is 0 Å². The van der Waals surface area contributed by atoms with E-state index >= 15 is 0 Å². The Labute approximate surface area is 157 Å². The van der Waals surface area contributed by atoms with Gasteiger partial charge >= 0.3 is 6.03 Å². The van der Waals surface area contributed by atoms with Gasteiger partial charge in [-0.05, 0) is 12.8 Å². The van der Waals surface area contributed by atoms with Crippen molar-refractivity contribution in [1.29, 1.82) is 0 Å².